The average Bonchev–Trinajstić information content (AvgIpc) is 3.53. The Morgan fingerprint density at radius 2 is 1.40 bits per heavy atom. The summed E-state index contributed by atoms with van der Waals surface area (Å²) in [4.78, 5) is 24.6. The largest absolute Gasteiger partial charge is 0.462 e. The molecule has 0 aromatic rings. The summed E-state index contributed by atoms with van der Waals surface area (Å²) in [5.74, 6) is -0.223. The van der Waals surface area contributed by atoms with Crippen molar-refractivity contribution in [2.45, 2.75) is 144 Å². The Morgan fingerprint density at radius 1 is 0.812 bits per heavy atom. The molecule has 3 rings (SSSR count). The maximum absolute atomic E-state index is 13.1. The van der Waals surface area contributed by atoms with Crippen LogP contribution in [0.4, 0.5) is 0 Å². The molecule has 0 amide bonds. The van der Waals surface area contributed by atoms with E-state index in [1.54, 1.807) is 0 Å². The first-order chi connectivity index (χ1) is 22.1. The van der Waals surface area contributed by atoms with Gasteiger partial charge in [-0.2, -0.15) is 0 Å². The van der Waals surface area contributed by atoms with Crippen molar-refractivity contribution in [3.8, 4) is 0 Å². The van der Waals surface area contributed by atoms with E-state index in [0.29, 0.717) is 37.7 Å². The van der Waals surface area contributed by atoms with Gasteiger partial charge in [-0.3, -0.25) is 9.59 Å². The second-order valence-electron chi connectivity index (χ2n) is 16.1. The number of allylic oxidation sites excluding steroid dienone is 15. The number of carbonyl (C=O) groups is 2. The van der Waals surface area contributed by atoms with Crippen LogP contribution >= 0.6 is 0 Å². The molecule has 1 aliphatic heterocycles. The van der Waals surface area contributed by atoms with Crippen LogP contribution in [0.15, 0.2) is 94.7 Å². The summed E-state index contributed by atoms with van der Waals surface area (Å²) in [5.41, 5.74) is 2.58. The highest BCUT2D eigenvalue weighted by molar-refractivity contribution is 5.96. The highest BCUT2D eigenvalue weighted by Crippen LogP contribution is 2.67. The van der Waals surface area contributed by atoms with E-state index in [1.165, 1.54) is 12.5 Å². The van der Waals surface area contributed by atoms with Gasteiger partial charge in [0.2, 0.25) is 0 Å². The summed E-state index contributed by atoms with van der Waals surface area (Å²) in [5, 5.41) is 21.5. The van der Waals surface area contributed by atoms with Crippen LogP contribution in [0.1, 0.15) is 115 Å². The third-order valence-corrected chi connectivity index (χ3v) is 10.4. The van der Waals surface area contributed by atoms with Crippen molar-refractivity contribution >= 4 is 11.8 Å². The SMILES string of the molecule is CC(=O)O[C@H]1CC(C)(C)/C(=C\C/C(C)=C/C=C/C(C)=C/C=C/C=C(C)/C=C/C=C(\C)C(=O)C[C@@]23O[C@]2(C)C[C@@H](O)CC3(C)C)[C@](C)(O)C1. The number of hydrogen-bond donors (Lipinski definition) is 2. The predicted molar refractivity (Wildman–Crippen MR) is 195 cm³/mol. The van der Waals surface area contributed by atoms with Gasteiger partial charge in [0.05, 0.1) is 17.3 Å². The first kappa shape index (κ1) is 39.4. The van der Waals surface area contributed by atoms with Gasteiger partial charge in [0.15, 0.2) is 5.78 Å². The summed E-state index contributed by atoms with van der Waals surface area (Å²) >= 11 is 0. The minimum atomic E-state index is -1.02. The lowest BCUT2D eigenvalue weighted by molar-refractivity contribution is -0.152. The Balaban J connectivity index is 1.50. The van der Waals surface area contributed by atoms with Crippen molar-refractivity contribution in [2.75, 3.05) is 0 Å². The van der Waals surface area contributed by atoms with E-state index in [0.717, 1.165) is 23.1 Å². The number of ketones is 1. The van der Waals surface area contributed by atoms with Crippen LogP contribution in [0, 0.1) is 10.8 Å². The van der Waals surface area contributed by atoms with Crippen LogP contribution in [0.25, 0.3) is 0 Å². The maximum atomic E-state index is 13.1. The van der Waals surface area contributed by atoms with Gasteiger partial charge >= 0.3 is 5.97 Å². The summed E-state index contributed by atoms with van der Waals surface area (Å²) in [6.07, 6.45) is 24.9. The minimum absolute atomic E-state index is 0.0853. The van der Waals surface area contributed by atoms with E-state index < -0.39 is 16.8 Å². The fourth-order valence-electron chi connectivity index (χ4n) is 8.03. The zero-order chi connectivity index (χ0) is 36.1. The van der Waals surface area contributed by atoms with E-state index in [-0.39, 0.29) is 34.8 Å². The van der Waals surface area contributed by atoms with Gasteiger partial charge in [-0.1, -0.05) is 111 Å². The number of rotatable bonds is 12. The number of aliphatic hydroxyl groups is 2. The normalized spacial score (nSPS) is 33.5. The molecule has 3 fully saturated rings. The van der Waals surface area contributed by atoms with Crippen LogP contribution in [-0.2, 0) is 19.1 Å². The van der Waals surface area contributed by atoms with Crippen molar-refractivity contribution in [3.63, 3.8) is 0 Å². The Bertz CT molecular complexity index is 1450. The molecule has 6 nitrogen and oxygen atoms in total. The molecule has 0 unspecified atom stereocenters. The van der Waals surface area contributed by atoms with Crippen LogP contribution in [0.5, 0.6) is 0 Å². The third kappa shape index (κ3) is 9.77. The first-order valence-corrected chi connectivity index (χ1v) is 17.4. The molecule has 0 aromatic heterocycles. The van der Waals surface area contributed by atoms with Crippen LogP contribution in [0.3, 0.4) is 0 Å². The molecular weight excluding hydrogens is 600 g/mol. The minimum Gasteiger partial charge on any atom is -0.462 e. The molecule has 48 heavy (non-hydrogen) atoms. The summed E-state index contributed by atoms with van der Waals surface area (Å²) in [6, 6.07) is 0. The molecule has 1 saturated heterocycles. The summed E-state index contributed by atoms with van der Waals surface area (Å²) < 4.78 is 11.6. The van der Waals surface area contributed by atoms with Gasteiger partial charge in [0, 0.05) is 26.2 Å². The van der Waals surface area contributed by atoms with Gasteiger partial charge < -0.3 is 19.7 Å². The van der Waals surface area contributed by atoms with Gasteiger partial charge in [0.25, 0.3) is 0 Å². The van der Waals surface area contributed by atoms with Crippen molar-refractivity contribution in [1.29, 1.82) is 0 Å². The van der Waals surface area contributed by atoms with Crippen molar-refractivity contribution in [3.05, 3.63) is 94.7 Å². The molecule has 0 aromatic carbocycles. The lowest BCUT2D eigenvalue weighted by Crippen LogP contribution is -2.48. The Hall–Kier alpha value is -3.06. The quantitative estimate of drug-likeness (QED) is 0.0714. The lowest BCUT2D eigenvalue weighted by Gasteiger charge is -2.46. The molecule has 3 aliphatic rings. The van der Waals surface area contributed by atoms with Gasteiger partial charge in [-0.15, -0.1) is 0 Å². The number of esters is 1. The number of ether oxygens (including phenoxy) is 2. The summed E-state index contributed by atoms with van der Waals surface area (Å²) in [6.45, 7) is 21.7. The molecule has 2 aliphatic carbocycles. The zero-order valence-electron chi connectivity index (χ0n) is 31.3. The van der Waals surface area contributed by atoms with E-state index in [9.17, 15) is 19.8 Å². The monoisotopic (exact) mass is 660 g/mol. The topological polar surface area (TPSA) is 96.4 Å². The van der Waals surface area contributed by atoms with Gasteiger partial charge in [-0.05, 0) is 82.8 Å². The molecule has 0 bridgehead atoms. The molecule has 2 saturated carbocycles. The molecule has 0 radical (unpaired) electrons. The predicted octanol–water partition coefficient (Wildman–Crippen LogP) is 8.93. The van der Waals surface area contributed by atoms with Crippen LogP contribution in [-0.4, -0.2) is 51.0 Å². The van der Waals surface area contributed by atoms with Gasteiger partial charge in [0.1, 0.15) is 11.7 Å². The van der Waals surface area contributed by atoms with Crippen molar-refractivity contribution < 1.29 is 29.3 Å². The van der Waals surface area contributed by atoms with E-state index in [2.05, 4.69) is 65.8 Å². The Kier molecular flexibility index (Phi) is 12.5. The molecule has 5 atom stereocenters. The zero-order valence-corrected chi connectivity index (χ0v) is 31.3. The second kappa shape index (κ2) is 15.2. The Morgan fingerprint density at radius 3 is 1.94 bits per heavy atom. The molecule has 1 heterocycles. The van der Waals surface area contributed by atoms with Crippen LogP contribution < -0.4 is 0 Å². The fourth-order valence-corrected chi connectivity index (χ4v) is 8.03. The molecule has 264 valence electrons. The number of aliphatic hydroxyl groups excluding tert-OH is 1. The molecule has 6 heteroatoms. The van der Waals surface area contributed by atoms with E-state index in [4.69, 9.17) is 9.47 Å². The van der Waals surface area contributed by atoms with E-state index in [1.807, 2.05) is 70.2 Å². The molecular formula is C42H60O6. The highest BCUT2D eigenvalue weighted by atomic mass is 16.6. The standard InChI is InChI=1S/C42H60O6/c1-29(18-14-19-31(3)22-23-37-38(6,7)26-35(47-33(5)43)27-40(37,10)46)16-12-13-17-30(2)20-15-21-32(4)36(45)28-42-39(8,9)24-34(44)25-41(42,11)48-42/h12-21,23,34-35,44,46H,22,24-28H2,1-11H3/b13-12+,18-14+,20-15+,29-16+,30-17+,31-19+,32-21+,37-23+/t34-,35-,40+,41+,42-/m0/s1. The molecule has 0 spiro atoms. The third-order valence-electron chi connectivity index (χ3n) is 10.4. The van der Waals surface area contributed by atoms with Crippen LogP contribution in [0.2, 0.25) is 0 Å². The molecule has 2 N–H and O–H groups in total. The maximum Gasteiger partial charge on any atom is 0.302 e. The highest BCUT2D eigenvalue weighted by Gasteiger charge is 2.76. The number of Topliss-reactive ketones (excluding diaryl/α,β-unsaturated/α-hetero) is 1. The summed E-state index contributed by atoms with van der Waals surface area (Å²) in [7, 11) is 0. The first-order valence-electron chi connectivity index (χ1n) is 17.4. The lowest BCUT2D eigenvalue weighted by atomic mass is 9.61. The number of epoxide rings is 1. The number of fused-ring (bicyclic) bond motifs is 1. The number of hydrogen-bond acceptors (Lipinski definition) is 6. The van der Waals surface area contributed by atoms with Gasteiger partial charge in [-0.25, -0.2) is 0 Å². The van der Waals surface area contributed by atoms with Crippen molar-refractivity contribution in [2.24, 2.45) is 10.8 Å². The second-order valence-corrected chi connectivity index (χ2v) is 16.1. The smallest absolute Gasteiger partial charge is 0.302 e. The Labute approximate surface area is 289 Å². The fraction of sp³-hybridized carbons (Fsp3) is 0.571. The van der Waals surface area contributed by atoms with Crippen molar-refractivity contribution in [1.82, 2.24) is 0 Å². The van der Waals surface area contributed by atoms with E-state index >= 15 is 0 Å². The number of carbonyl (C=O) groups excluding carboxylic acids is 2. The average molecular weight is 661 g/mol.